The van der Waals surface area contributed by atoms with Gasteiger partial charge in [0.2, 0.25) is 0 Å². The molecule has 1 fully saturated rings. The summed E-state index contributed by atoms with van der Waals surface area (Å²) in [5.41, 5.74) is 0.356. The quantitative estimate of drug-likeness (QED) is 0.798. The maximum Gasteiger partial charge on any atom is 0.315 e. The number of carbonyl (C=O) groups is 1. The first-order chi connectivity index (χ1) is 8.57. The van der Waals surface area contributed by atoms with Crippen molar-refractivity contribution in [3.8, 4) is 0 Å². The molecule has 0 unspecified atom stereocenters. The van der Waals surface area contributed by atoms with E-state index < -0.39 is 5.60 Å². The molecule has 0 bridgehead atoms. The highest BCUT2D eigenvalue weighted by Gasteiger charge is 2.34. The van der Waals surface area contributed by atoms with Crippen molar-refractivity contribution in [3.05, 3.63) is 34.3 Å². The average Bonchev–Trinajstić information content (AvgIpc) is 2.31. The molecule has 5 heteroatoms. The Hall–Kier alpha value is -1.07. The number of urea groups is 1. The standard InChI is InChI=1S/C13H17BrN2O2/c14-11-4-1-3-10(7-11)8-15-12(17)16-9-13(18)5-2-6-13/h1,3-4,7,18H,2,5-6,8-9H2,(H2,15,16,17). The maximum atomic E-state index is 11.5. The molecule has 4 nitrogen and oxygen atoms in total. The molecule has 1 saturated carbocycles. The molecular weight excluding hydrogens is 296 g/mol. The van der Waals surface area contributed by atoms with E-state index >= 15 is 0 Å². The molecule has 0 radical (unpaired) electrons. The number of hydrogen-bond donors (Lipinski definition) is 3. The Morgan fingerprint density at radius 2 is 2.17 bits per heavy atom. The average molecular weight is 313 g/mol. The molecule has 0 saturated heterocycles. The number of carbonyl (C=O) groups excluding carboxylic acids is 1. The monoisotopic (exact) mass is 312 g/mol. The van der Waals surface area contributed by atoms with Gasteiger partial charge in [0.25, 0.3) is 0 Å². The minimum absolute atomic E-state index is 0.240. The third-order valence-electron chi connectivity index (χ3n) is 3.20. The van der Waals surface area contributed by atoms with Crippen molar-refractivity contribution in [2.45, 2.75) is 31.4 Å². The molecule has 3 N–H and O–H groups in total. The molecular formula is C13H17BrN2O2. The van der Waals surface area contributed by atoms with Crippen molar-refractivity contribution in [2.24, 2.45) is 0 Å². The molecule has 0 atom stereocenters. The first-order valence-corrected chi connectivity index (χ1v) is 6.85. The number of nitrogens with one attached hydrogen (secondary N) is 2. The van der Waals surface area contributed by atoms with Crippen molar-refractivity contribution in [2.75, 3.05) is 6.54 Å². The van der Waals surface area contributed by atoms with Gasteiger partial charge in [0.1, 0.15) is 0 Å². The van der Waals surface area contributed by atoms with E-state index in [1.165, 1.54) is 0 Å². The van der Waals surface area contributed by atoms with E-state index in [1.54, 1.807) is 0 Å². The van der Waals surface area contributed by atoms with Crippen LogP contribution in [0.5, 0.6) is 0 Å². The van der Waals surface area contributed by atoms with Gasteiger partial charge in [0.05, 0.1) is 5.60 Å². The van der Waals surface area contributed by atoms with Crippen LogP contribution < -0.4 is 10.6 Å². The Balaban J connectivity index is 1.71. The first kappa shape index (κ1) is 13.4. The summed E-state index contributed by atoms with van der Waals surface area (Å²) in [6.07, 6.45) is 2.59. The number of aliphatic hydroxyl groups is 1. The second kappa shape index (κ2) is 5.71. The van der Waals surface area contributed by atoms with Gasteiger partial charge >= 0.3 is 6.03 Å². The van der Waals surface area contributed by atoms with Gasteiger partial charge in [-0.25, -0.2) is 4.79 Å². The Kier molecular flexibility index (Phi) is 4.24. The fourth-order valence-corrected chi connectivity index (χ4v) is 2.34. The van der Waals surface area contributed by atoms with Crippen molar-refractivity contribution in [1.82, 2.24) is 10.6 Å². The van der Waals surface area contributed by atoms with Crippen molar-refractivity contribution in [3.63, 3.8) is 0 Å². The smallest absolute Gasteiger partial charge is 0.315 e. The molecule has 98 valence electrons. The second-order valence-electron chi connectivity index (χ2n) is 4.74. The van der Waals surface area contributed by atoms with Crippen LogP contribution in [0.4, 0.5) is 4.79 Å². The fraction of sp³-hybridized carbons (Fsp3) is 0.462. The zero-order chi connectivity index (χ0) is 13.0. The van der Waals surface area contributed by atoms with Gasteiger partial charge in [-0.2, -0.15) is 0 Å². The Morgan fingerprint density at radius 3 is 2.78 bits per heavy atom. The highest BCUT2D eigenvalue weighted by Crippen LogP contribution is 2.30. The van der Waals surface area contributed by atoms with E-state index in [2.05, 4.69) is 26.6 Å². The lowest BCUT2D eigenvalue weighted by molar-refractivity contribution is -0.0290. The van der Waals surface area contributed by atoms with Crippen LogP contribution in [0.1, 0.15) is 24.8 Å². The molecule has 1 aliphatic rings. The lowest BCUT2D eigenvalue weighted by atomic mass is 9.80. The van der Waals surface area contributed by atoms with Crippen molar-refractivity contribution in [1.29, 1.82) is 0 Å². The third kappa shape index (κ3) is 3.71. The van der Waals surface area contributed by atoms with Gasteiger partial charge in [-0.15, -0.1) is 0 Å². The first-order valence-electron chi connectivity index (χ1n) is 6.06. The van der Waals surface area contributed by atoms with Gasteiger partial charge < -0.3 is 15.7 Å². The van der Waals surface area contributed by atoms with E-state index in [0.717, 1.165) is 29.3 Å². The summed E-state index contributed by atoms with van der Waals surface area (Å²) >= 11 is 3.38. The van der Waals surface area contributed by atoms with E-state index in [0.29, 0.717) is 13.1 Å². The molecule has 0 heterocycles. The summed E-state index contributed by atoms with van der Waals surface area (Å²) in [4.78, 5) is 11.5. The van der Waals surface area contributed by atoms with Crippen LogP contribution in [0.25, 0.3) is 0 Å². The number of amides is 2. The van der Waals surface area contributed by atoms with Gasteiger partial charge in [-0.05, 0) is 37.0 Å². The van der Waals surface area contributed by atoms with Crippen LogP contribution in [0.3, 0.4) is 0 Å². The maximum absolute atomic E-state index is 11.5. The minimum atomic E-state index is -0.673. The zero-order valence-electron chi connectivity index (χ0n) is 10.1. The van der Waals surface area contributed by atoms with Crippen LogP contribution in [0.15, 0.2) is 28.7 Å². The predicted octanol–water partition coefficient (Wildman–Crippen LogP) is 2.16. The summed E-state index contributed by atoms with van der Waals surface area (Å²) < 4.78 is 0.992. The predicted molar refractivity (Wildman–Crippen MR) is 73.2 cm³/mol. The summed E-state index contributed by atoms with van der Waals surface area (Å²) in [5, 5.41) is 15.3. The van der Waals surface area contributed by atoms with Gasteiger partial charge in [0, 0.05) is 17.6 Å². The highest BCUT2D eigenvalue weighted by atomic mass is 79.9. The molecule has 2 amide bonds. The van der Waals surface area contributed by atoms with E-state index in [4.69, 9.17) is 0 Å². The van der Waals surface area contributed by atoms with Crippen molar-refractivity contribution >= 4 is 22.0 Å². The molecule has 0 spiro atoms. The molecule has 0 aromatic heterocycles. The minimum Gasteiger partial charge on any atom is -0.388 e. The van der Waals surface area contributed by atoms with Gasteiger partial charge in [0.15, 0.2) is 0 Å². The summed E-state index contributed by atoms with van der Waals surface area (Å²) in [6.45, 7) is 0.807. The van der Waals surface area contributed by atoms with Gasteiger partial charge in [-0.1, -0.05) is 28.1 Å². The molecule has 18 heavy (non-hydrogen) atoms. The lowest BCUT2D eigenvalue weighted by Gasteiger charge is -2.36. The second-order valence-corrected chi connectivity index (χ2v) is 5.66. The normalized spacial score (nSPS) is 16.8. The largest absolute Gasteiger partial charge is 0.388 e. The SMILES string of the molecule is O=C(NCc1cccc(Br)c1)NCC1(O)CCC1. The summed E-state index contributed by atoms with van der Waals surface area (Å²) in [6, 6.07) is 7.53. The zero-order valence-corrected chi connectivity index (χ0v) is 11.7. The van der Waals surface area contributed by atoms with Crippen LogP contribution in [0.2, 0.25) is 0 Å². The fourth-order valence-electron chi connectivity index (χ4n) is 1.90. The number of hydrogen-bond acceptors (Lipinski definition) is 2. The molecule has 2 rings (SSSR count). The van der Waals surface area contributed by atoms with Gasteiger partial charge in [-0.3, -0.25) is 0 Å². The van der Waals surface area contributed by atoms with E-state index in [1.807, 2.05) is 24.3 Å². The topological polar surface area (TPSA) is 61.4 Å². The number of benzene rings is 1. The molecule has 1 aromatic carbocycles. The van der Waals surface area contributed by atoms with Crippen LogP contribution in [0, 0.1) is 0 Å². The molecule has 1 aromatic rings. The summed E-state index contributed by atoms with van der Waals surface area (Å²) in [7, 11) is 0. The number of halogens is 1. The Bertz CT molecular complexity index is 433. The van der Waals surface area contributed by atoms with E-state index in [9.17, 15) is 9.90 Å². The van der Waals surface area contributed by atoms with Crippen LogP contribution >= 0.6 is 15.9 Å². The third-order valence-corrected chi connectivity index (χ3v) is 3.70. The van der Waals surface area contributed by atoms with E-state index in [-0.39, 0.29) is 6.03 Å². The highest BCUT2D eigenvalue weighted by molar-refractivity contribution is 9.10. The molecule has 0 aliphatic heterocycles. The van der Waals surface area contributed by atoms with Crippen LogP contribution in [-0.2, 0) is 6.54 Å². The molecule has 1 aliphatic carbocycles. The lowest BCUT2D eigenvalue weighted by Crippen LogP contribution is -2.49. The summed E-state index contributed by atoms with van der Waals surface area (Å²) in [5.74, 6) is 0. The Morgan fingerprint density at radius 1 is 1.39 bits per heavy atom. The van der Waals surface area contributed by atoms with Crippen LogP contribution in [-0.4, -0.2) is 23.3 Å². The Labute approximate surface area is 115 Å². The van der Waals surface area contributed by atoms with Crippen molar-refractivity contribution < 1.29 is 9.90 Å². The number of rotatable bonds is 4.